The number of nitrogens with one attached hydrogen (secondary N) is 2. The van der Waals surface area contributed by atoms with E-state index in [-0.39, 0.29) is 10.1 Å². The molecule has 0 aliphatic heterocycles. The molecular formula is C28H22N2O4S2. The van der Waals surface area contributed by atoms with Crippen LogP contribution in [0.2, 0.25) is 0 Å². The summed E-state index contributed by atoms with van der Waals surface area (Å²) in [5.74, 6) is 0. The zero-order chi connectivity index (χ0) is 25.2. The van der Waals surface area contributed by atoms with Gasteiger partial charge in [0.15, 0.2) is 0 Å². The first-order valence-corrected chi connectivity index (χ1v) is 14.1. The van der Waals surface area contributed by atoms with Gasteiger partial charge in [-0.2, -0.15) is 0 Å². The second-order valence-corrected chi connectivity index (χ2v) is 11.9. The molecule has 0 aliphatic rings. The minimum absolute atomic E-state index is 0.231. The van der Waals surface area contributed by atoms with Crippen LogP contribution in [0.4, 0.5) is 0 Å². The summed E-state index contributed by atoms with van der Waals surface area (Å²) < 4.78 is 49.5. The molecule has 0 radical (unpaired) electrons. The number of sulfone groups is 2. The molecular weight excluding hydrogens is 492 g/mol. The Labute approximate surface area is 209 Å². The first-order valence-electron chi connectivity index (χ1n) is 11.1. The minimum Gasteiger partial charge on any atom is -0.345 e. The predicted octanol–water partition coefficient (Wildman–Crippen LogP) is 6.00. The highest BCUT2D eigenvalue weighted by molar-refractivity contribution is 7.91. The lowest BCUT2D eigenvalue weighted by atomic mass is 10.3. The summed E-state index contributed by atoms with van der Waals surface area (Å²) in [5.41, 5.74) is 1.65. The van der Waals surface area contributed by atoms with Gasteiger partial charge in [-0.25, -0.2) is 16.8 Å². The van der Waals surface area contributed by atoms with Gasteiger partial charge in [-0.3, -0.25) is 0 Å². The van der Waals surface area contributed by atoms with Crippen molar-refractivity contribution in [3.63, 3.8) is 0 Å². The average molecular weight is 515 g/mol. The minimum atomic E-state index is -3.46. The van der Waals surface area contributed by atoms with Gasteiger partial charge in [-0.15, -0.1) is 0 Å². The maximum atomic E-state index is 12.4. The van der Waals surface area contributed by atoms with Gasteiger partial charge < -0.3 is 9.97 Å². The van der Waals surface area contributed by atoms with Crippen molar-refractivity contribution < 1.29 is 16.8 Å². The van der Waals surface area contributed by atoms with Gasteiger partial charge in [0.1, 0.15) is 10.1 Å². The van der Waals surface area contributed by atoms with E-state index in [0.717, 1.165) is 21.8 Å². The summed E-state index contributed by atoms with van der Waals surface area (Å²) in [6.45, 7) is 0. The number of fused-ring (bicyclic) bond motifs is 2. The van der Waals surface area contributed by atoms with Gasteiger partial charge in [-0.05, 0) is 48.5 Å². The molecule has 0 spiro atoms. The second kappa shape index (κ2) is 9.49. The van der Waals surface area contributed by atoms with Crippen LogP contribution in [-0.4, -0.2) is 26.8 Å². The van der Waals surface area contributed by atoms with E-state index in [0.29, 0.717) is 9.79 Å². The van der Waals surface area contributed by atoms with Crippen LogP contribution in [-0.2, 0) is 19.7 Å². The van der Waals surface area contributed by atoms with Gasteiger partial charge in [0.25, 0.3) is 0 Å². The molecule has 8 heteroatoms. The van der Waals surface area contributed by atoms with Crippen LogP contribution in [0, 0.1) is 0 Å². The molecule has 2 aromatic heterocycles. The largest absolute Gasteiger partial charge is 0.345 e. The summed E-state index contributed by atoms with van der Waals surface area (Å²) in [6, 6.07) is 35.2. The third kappa shape index (κ3) is 4.56. The summed E-state index contributed by atoms with van der Waals surface area (Å²) >= 11 is 0. The number of rotatable bonds is 4. The quantitative estimate of drug-likeness (QED) is 0.301. The number of aromatic nitrogens is 2. The Morgan fingerprint density at radius 2 is 0.750 bits per heavy atom. The third-order valence-corrected chi connectivity index (χ3v) is 9.08. The topological polar surface area (TPSA) is 99.9 Å². The Kier molecular flexibility index (Phi) is 6.22. The number of H-pyrrole nitrogens is 2. The van der Waals surface area contributed by atoms with Crippen LogP contribution in [0.5, 0.6) is 0 Å². The van der Waals surface area contributed by atoms with Crippen molar-refractivity contribution in [1.29, 1.82) is 0 Å². The number of hydrogen-bond acceptors (Lipinski definition) is 4. The lowest BCUT2D eigenvalue weighted by molar-refractivity contribution is 0.592. The highest BCUT2D eigenvalue weighted by Gasteiger charge is 2.20. The van der Waals surface area contributed by atoms with E-state index in [1.165, 1.54) is 0 Å². The zero-order valence-electron chi connectivity index (χ0n) is 19.0. The van der Waals surface area contributed by atoms with Gasteiger partial charge in [0, 0.05) is 21.8 Å². The monoisotopic (exact) mass is 514 g/mol. The summed E-state index contributed by atoms with van der Waals surface area (Å²) in [4.78, 5) is 6.50. The Hall–Kier alpha value is -4.14. The molecule has 0 fully saturated rings. The molecule has 0 unspecified atom stereocenters. The van der Waals surface area contributed by atoms with E-state index < -0.39 is 19.7 Å². The number of para-hydroxylation sites is 2. The fourth-order valence-corrected chi connectivity index (χ4v) is 6.43. The van der Waals surface area contributed by atoms with Crippen molar-refractivity contribution >= 4 is 41.5 Å². The van der Waals surface area contributed by atoms with E-state index >= 15 is 0 Å². The molecule has 0 saturated heterocycles. The first-order chi connectivity index (χ1) is 17.4. The van der Waals surface area contributed by atoms with Gasteiger partial charge in [0.05, 0.1) is 9.79 Å². The molecule has 4 aromatic carbocycles. The lowest BCUT2D eigenvalue weighted by Gasteiger charge is -2.00. The van der Waals surface area contributed by atoms with Crippen LogP contribution in [0.25, 0.3) is 21.8 Å². The van der Waals surface area contributed by atoms with Crippen molar-refractivity contribution in [1.82, 2.24) is 9.97 Å². The van der Waals surface area contributed by atoms with Crippen molar-refractivity contribution in [2.24, 2.45) is 0 Å². The Balaban J connectivity index is 0.000000148. The van der Waals surface area contributed by atoms with Crippen LogP contribution in [0.15, 0.2) is 141 Å². The maximum absolute atomic E-state index is 12.4. The number of benzene rings is 4. The predicted molar refractivity (Wildman–Crippen MR) is 140 cm³/mol. The third-order valence-electron chi connectivity index (χ3n) is 5.70. The van der Waals surface area contributed by atoms with E-state index in [4.69, 9.17) is 0 Å². The van der Waals surface area contributed by atoms with Crippen LogP contribution >= 0.6 is 0 Å². The van der Waals surface area contributed by atoms with Crippen LogP contribution < -0.4 is 0 Å². The van der Waals surface area contributed by atoms with Crippen LogP contribution in [0.1, 0.15) is 0 Å². The molecule has 36 heavy (non-hydrogen) atoms. The summed E-state index contributed by atoms with van der Waals surface area (Å²) in [6.07, 6.45) is 0. The van der Waals surface area contributed by atoms with E-state index in [1.807, 2.05) is 48.5 Å². The highest BCUT2D eigenvalue weighted by atomic mass is 32.2. The smallest absolute Gasteiger partial charge is 0.221 e. The SMILES string of the molecule is O=S(=O)(c1ccccc1)c1cc2ccccc2[nH]1.O=S(=O)(c1ccccc1)c1cc2ccccc2[nH]1. The van der Waals surface area contributed by atoms with E-state index in [2.05, 4.69) is 9.97 Å². The number of hydrogen-bond donors (Lipinski definition) is 2. The van der Waals surface area contributed by atoms with Gasteiger partial charge in [-0.1, -0.05) is 72.8 Å². The standard InChI is InChI=1S/2C14H11NO2S/c2*16-18(17,12-7-2-1-3-8-12)14-10-11-6-4-5-9-13(11)15-14/h2*1-10,15H. The van der Waals surface area contributed by atoms with E-state index in [9.17, 15) is 16.8 Å². The van der Waals surface area contributed by atoms with Gasteiger partial charge in [0.2, 0.25) is 19.7 Å². The fourth-order valence-electron chi connectivity index (χ4n) is 3.84. The first kappa shape index (κ1) is 23.6. The molecule has 6 aromatic rings. The lowest BCUT2D eigenvalue weighted by Crippen LogP contribution is -2.01. The molecule has 180 valence electrons. The molecule has 0 amide bonds. The molecule has 6 nitrogen and oxygen atoms in total. The molecule has 0 bridgehead atoms. The second-order valence-electron chi connectivity index (χ2n) is 8.07. The summed E-state index contributed by atoms with van der Waals surface area (Å²) in [7, 11) is -6.91. The van der Waals surface area contributed by atoms with Crippen LogP contribution in [0.3, 0.4) is 0 Å². The Bertz CT molecular complexity index is 1650. The van der Waals surface area contributed by atoms with E-state index in [1.54, 1.807) is 72.8 Å². The molecule has 0 atom stereocenters. The average Bonchev–Trinajstić information content (AvgIpc) is 3.56. The maximum Gasteiger partial charge on any atom is 0.221 e. The Morgan fingerprint density at radius 3 is 1.11 bits per heavy atom. The highest BCUT2D eigenvalue weighted by Crippen LogP contribution is 2.25. The molecule has 2 heterocycles. The van der Waals surface area contributed by atoms with Crippen molar-refractivity contribution in [2.75, 3.05) is 0 Å². The van der Waals surface area contributed by atoms with Crippen molar-refractivity contribution in [3.05, 3.63) is 121 Å². The zero-order valence-corrected chi connectivity index (χ0v) is 20.6. The number of aromatic amines is 2. The normalized spacial score (nSPS) is 11.8. The van der Waals surface area contributed by atoms with Crippen molar-refractivity contribution in [3.8, 4) is 0 Å². The van der Waals surface area contributed by atoms with Gasteiger partial charge >= 0.3 is 0 Å². The summed E-state index contributed by atoms with van der Waals surface area (Å²) in [5, 5.41) is 2.25. The molecule has 2 N–H and O–H groups in total. The molecule has 0 aliphatic carbocycles. The molecule has 0 saturated carbocycles. The fraction of sp³-hybridized carbons (Fsp3) is 0. The molecule has 6 rings (SSSR count). The Morgan fingerprint density at radius 1 is 0.417 bits per heavy atom. The van der Waals surface area contributed by atoms with Crippen molar-refractivity contribution in [2.45, 2.75) is 19.8 Å².